The third kappa shape index (κ3) is 5.86. The normalized spacial score (nSPS) is 19.9. The Balaban J connectivity index is 0.000000370. The molecule has 0 aliphatic carbocycles. The van der Waals surface area contributed by atoms with Crippen LogP contribution in [0.25, 0.3) is 0 Å². The summed E-state index contributed by atoms with van der Waals surface area (Å²) in [6.07, 6.45) is -4.86. The van der Waals surface area contributed by atoms with E-state index in [1.54, 1.807) is 0 Å². The predicted molar refractivity (Wildman–Crippen MR) is 90.3 cm³/mol. The van der Waals surface area contributed by atoms with Gasteiger partial charge < -0.3 is 15.3 Å². The van der Waals surface area contributed by atoms with Gasteiger partial charge in [0.1, 0.15) is 11.6 Å². The van der Waals surface area contributed by atoms with E-state index < -0.39 is 41.5 Å². The monoisotopic (exact) mass is 423 g/mol. The van der Waals surface area contributed by atoms with E-state index in [2.05, 4.69) is 10.6 Å². The van der Waals surface area contributed by atoms with Crippen LogP contribution in [-0.2, 0) is 14.4 Å². The number of anilines is 1. The van der Waals surface area contributed by atoms with Gasteiger partial charge in [0.25, 0.3) is 0 Å². The highest BCUT2D eigenvalue weighted by atomic mass is 19.4. The van der Waals surface area contributed by atoms with Crippen molar-refractivity contribution in [2.24, 2.45) is 0 Å². The predicted octanol–water partition coefficient (Wildman–Crippen LogP) is 1.53. The molecule has 0 bridgehead atoms. The van der Waals surface area contributed by atoms with Crippen LogP contribution in [0.15, 0.2) is 12.1 Å². The van der Waals surface area contributed by atoms with Gasteiger partial charge in [-0.25, -0.2) is 13.6 Å². The zero-order valence-corrected chi connectivity index (χ0v) is 15.0. The lowest BCUT2D eigenvalue weighted by Crippen LogP contribution is -2.43. The van der Waals surface area contributed by atoms with Gasteiger partial charge in [-0.1, -0.05) is 0 Å². The van der Waals surface area contributed by atoms with Gasteiger partial charge in [-0.2, -0.15) is 13.2 Å². The molecule has 2 aliphatic heterocycles. The number of rotatable bonds is 2. The Morgan fingerprint density at radius 3 is 2.07 bits per heavy atom. The molecule has 2 saturated heterocycles. The lowest BCUT2D eigenvalue weighted by molar-refractivity contribution is -0.192. The van der Waals surface area contributed by atoms with E-state index in [0.717, 1.165) is 13.1 Å². The number of amides is 2. The number of aliphatic carboxylic acids is 1. The SMILES string of the molecule is O=C(O)C(F)(F)F.O=C1CCC(c2c(F)cc(N3CCNCC3)cc2F)C(=O)N1. The maximum Gasteiger partial charge on any atom is 0.490 e. The van der Waals surface area contributed by atoms with Gasteiger partial charge in [0.2, 0.25) is 11.8 Å². The highest BCUT2D eigenvalue weighted by Crippen LogP contribution is 2.32. The van der Waals surface area contributed by atoms with Crippen LogP contribution >= 0.6 is 0 Å². The second-order valence-corrected chi connectivity index (χ2v) is 6.37. The Hall–Kier alpha value is -2.76. The van der Waals surface area contributed by atoms with E-state index in [9.17, 15) is 31.5 Å². The summed E-state index contributed by atoms with van der Waals surface area (Å²) in [6.45, 7) is 2.88. The number of piperazine rings is 1. The topological polar surface area (TPSA) is 98.7 Å². The molecule has 2 fully saturated rings. The zero-order chi connectivity index (χ0) is 21.8. The van der Waals surface area contributed by atoms with Crippen molar-refractivity contribution in [1.82, 2.24) is 10.6 Å². The summed E-state index contributed by atoms with van der Waals surface area (Å²) in [5.41, 5.74) is 0.233. The summed E-state index contributed by atoms with van der Waals surface area (Å²) in [5, 5.41) is 12.4. The number of carbonyl (C=O) groups is 3. The van der Waals surface area contributed by atoms with Crippen molar-refractivity contribution in [3.8, 4) is 0 Å². The molecule has 2 aliphatic rings. The minimum atomic E-state index is -5.08. The Labute approximate surface area is 161 Å². The van der Waals surface area contributed by atoms with E-state index in [0.29, 0.717) is 18.8 Å². The van der Waals surface area contributed by atoms with E-state index in [1.807, 2.05) is 4.90 Å². The molecule has 3 N–H and O–H groups in total. The van der Waals surface area contributed by atoms with Gasteiger partial charge in [0, 0.05) is 43.9 Å². The number of alkyl halides is 3. The molecule has 3 rings (SSSR count). The van der Waals surface area contributed by atoms with E-state index in [1.165, 1.54) is 12.1 Å². The number of hydrogen-bond donors (Lipinski definition) is 3. The largest absolute Gasteiger partial charge is 0.490 e. The van der Waals surface area contributed by atoms with Crippen LogP contribution < -0.4 is 15.5 Å². The molecule has 12 heteroatoms. The van der Waals surface area contributed by atoms with Crippen LogP contribution in [0.5, 0.6) is 0 Å². The summed E-state index contributed by atoms with van der Waals surface area (Å²) in [7, 11) is 0. The molecule has 0 aromatic heterocycles. The number of carbonyl (C=O) groups excluding carboxylic acids is 2. The second-order valence-electron chi connectivity index (χ2n) is 6.37. The maximum atomic E-state index is 14.4. The molecule has 0 saturated carbocycles. The fraction of sp³-hybridized carbons (Fsp3) is 0.471. The Morgan fingerprint density at radius 1 is 1.10 bits per heavy atom. The van der Waals surface area contributed by atoms with Gasteiger partial charge in [0.05, 0.1) is 5.92 Å². The first-order valence-electron chi connectivity index (χ1n) is 8.59. The first-order chi connectivity index (χ1) is 13.5. The van der Waals surface area contributed by atoms with Gasteiger partial charge in [-0.05, 0) is 18.6 Å². The summed E-state index contributed by atoms with van der Waals surface area (Å²) in [4.78, 5) is 33.8. The fourth-order valence-electron chi connectivity index (χ4n) is 2.98. The number of nitrogens with one attached hydrogen (secondary N) is 2. The molecule has 1 unspecified atom stereocenters. The Morgan fingerprint density at radius 2 is 1.62 bits per heavy atom. The molecule has 1 aromatic carbocycles. The number of halogens is 5. The lowest BCUT2D eigenvalue weighted by atomic mass is 9.89. The van der Waals surface area contributed by atoms with E-state index in [4.69, 9.17) is 9.90 Å². The third-order valence-corrected chi connectivity index (χ3v) is 4.38. The number of piperidine rings is 1. The smallest absolute Gasteiger partial charge is 0.475 e. The van der Waals surface area contributed by atoms with Crippen molar-refractivity contribution in [3.05, 3.63) is 29.3 Å². The number of nitrogens with zero attached hydrogens (tertiary/aromatic N) is 1. The summed E-state index contributed by atoms with van der Waals surface area (Å²) in [5.74, 6) is -6.21. The minimum absolute atomic E-state index is 0.0921. The van der Waals surface area contributed by atoms with Crippen molar-refractivity contribution in [1.29, 1.82) is 0 Å². The summed E-state index contributed by atoms with van der Waals surface area (Å²) < 4.78 is 60.5. The number of hydrogen-bond acceptors (Lipinski definition) is 5. The van der Waals surface area contributed by atoms with Gasteiger partial charge in [-0.15, -0.1) is 0 Å². The first-order valence-corrected chi connectivity index (χ1v) is 8.59. The molecule has 0 spiro atoms. The Bertz CT molecular complexity index is 771. The van der Waals surface area contributed by atoms with Crippen LogP contribution in [0, 0.1) is 11.6 Å². The number of imide groups is 1. The van der Waals surface area contributed by atoms with Gasteiger partial charge in [-0.3, -0.25) is 14.9 Å². The van der Waals surface area contributed by atoms with Crippen LogP contribution in [0.4, 0.5) is 27.6 Å². The number of benzene rings is 1. The fourth-order valence-corrected chi connectivity index (χ4v) is 2.98. The number of carboxylic acid groups (broad SMARTS) is 1. The highest BCUT2D eigenvalue weighted by Gasteiger charge is 2.38. The van der Waals surface area contributed by atoms with Crippen molar-refractivity contribution in [2.75, 3.05) is 31.1 Å². The average molecular weight is 423 g/mol. The van der Waals surface area contributed by atoms with Crippen LogP contribution in [0.3, 0.4) is 0 Å². The molecule has 2 amide bonds. The maximum absolute atomic E-state index is 14.4. The van der Waals surface area contributed by atoms with E-state index in [-0.39, 0.29) is 18.4 Å². The standard InChI is InChI=1S/C15H17F2N3O2.C2HF3O2/c16-11-7-9(20-5-3-18-4-6-20)8-12(17)14(11)10-1-2-13(21)19-15(10)22;3-2(4,5)1(6)7/h7-8,10,18H,1-6H2,(H,19,21,22);(H,6,7). The molecule has 7 nitrogen and oxygen atoms in total. The van der Waals surface area contributed by atoms with E-state index >= 15 is 0 Å². The molecule has 1 atom stereocenters. The third-order valence-electron chi connectivity index (χ3n) is 4.38. The second kappa shape index (κ2) is 9.16. The molecular formula is C17H18F5N3O4. The van der Waals surface area contributed by atoms with Crippen molar-refractivity contribution < 1.29 is 41.4 Å². The molecule has 29 heavy (non-hydrogen) atoms. The molecule has 0 radical (unpaired) electrons. The Kier molecular flexibility index (Phi) is 7.11. The molecule has 160 valence electrons. The zero-order valence-electron chi connectivity index (χ0n) is 15.0. The van der Waals surface area contributed by atoms with Crippen LogP contribution in [-0.4, -0.2) is 55.2 Å². The lowest BCUT2D eigenvalue weighted by Gasteiger charge is -2.30. The van der Waals surface area contributed by atoms with Crippen LogP contribution in [0.2, 0.25) is 0 Å². The van der Waals surface area contributed by atoms with Crippen LogP contribution in [0.1, 0.15) is 24.3 Å². The summed E-state index contributed by atoms with van der Waals surface area (Å²) in [6, 6.07) is 2.54. The first kappa shape index (κ1) is 22.5. The van der Waals surface area contributed by atoms with Gasteiger partial charge >= 0.3 is 12.1 Å². The number of carboxylic acids is 1. The van der Waals surface area contributed by atoms with Crippen molar-refractivity contribution >= 4 is 23.5 Å². The van der Waals surface area contributed by atoms with Crippen molar-refractivity contribution in [3.63, 3.8) is 0 Å². The minimum Gasteiger partial charge on any atom is -0.475 e. The average Bonchev–Trinajstić information content (AvgIpc) is 2.63. The molecule has 2 heterocycles. The summed E-state index contributed by atoms with van der Waals surface area (Å²) >= 11 is 0. The molecule has 1 aromatic rings. The molecular weight excluding hydrogens is 405 g/mol. The van der Waals surface area contributed by atoms with Crippen molar-refractivity contribution in [2.45, 2.75) is 24.9 Å². The quantitative estimate of drug-likeness (QED) is 0.493. The van der Waals surface area contributed by atoms with Gasteiger partial charge in [0.15, 0.2) is 0 Å². The highest BCUT2D eigenvalue weighted by molar-refractivity contribution is 6.01.